The molecule has 2 aromatic rings. The minimum absolute atomic E-state index is 0.479. The van der Waals surface area contributed by atoms with E-state index in [4.69, 9.17) is 20.9 Å². The van der Waals surface area contributed by atoms with E-state index in [1.54, 1.807) is 0 Å². The Morgan fingerprint density at radius 3 is 2.24 bits per heavy atom. The number of para-hydroxylation sites is 1. The van der Waals surface area contributed by atoms with Gasteiger partial charge in [0.25, 0.3) is 0 Å². The Hall–Kier alpha value is -1.56. The molecule has 0 atom stereocenters. The van der Waals surface area contributed by atoms with Crippen molar-refractivity contribution in [1.82, 2.24) is 0 Å². The molecule has 0 bridgehead atoms. The first kappa shape index (κ1) is 15.8. The highest BCUT2D eigenvalue weighted by Crippen LogP contribution is 2.35. The van der Waals surface area contributed by atoms with Crippen LogP contribution in [0.4, 0.5) is 0 Å². The minimum Gasteiger partial charge on any atom is -0.492 e. The summed E-state index contributed by atoms with van der Waals surface area (Å²) in [6, 6.07) is 13.8. The minimum atomic E-state index is 0.479. The summed E-state index contributed by atoms with van der Waals surface area (Å²) in [6.07, 6.45) is 0. The summed E-state index contributed by atoms with van der Waals surface area (Å²) >= 11 is 3.48. The number of hydrogen-bond acceptors (Lipinski definition) is 4. The summed E-state index contributed by atoms with van der Waals surface area (Å²) in [5.74, 6) is 1.58. The van der Waals surface area contributed by atoms with Crippen molar-refractivity contribution in [1.29, 1.82) is 0 Å². The zero-order valence-electron chi connectivity index (χ0n) is 11.7. The summed E-state index contributed by atoms with van der Waals surface area (Å²) in [6.45, 7) is 1.93. The quantitative estimate of drug-likeness (QED) is 0.805. The van der Waals surface area contributed by atoms with Gasteiger partial charge in [-0.2, -0.15) is 0 Å². The molecule has 2 aromatic carbocycles. The van der Waals surface area contributed by atoms with Crippen LogP contribution < -0.4 is 20.9 Å². The Balaban J connectivity index is 2.33. The highest BCUT2D eigenvalue weighted by atomic mass is 79.9. The van der Waals surface area contributed by atoms with E-state index in [-0.39, 0.29) is 0 Å². The fourth-order valence-electron chi connectivity index (χ4n) is 1.95. The Labute approximate surface area is 133 Å². The lowest BCUT2D eigenvalue weighted by Gasteiger charge is -2.13. The number of halogens is 1. The second-order valence-corrected chi connectivity index (χ2v) is 5.27. The van der Waals surface area contributed by atoms with Gasteiger partial charge in [0, 0.05) is 18.7 Å². The Kier molecular flexibility index (Phi) is 6.04. The van der Waals surface area contributed by atoms with Crippen LogP contribution in [0.15, 0.2) is 46.9 Å². The molecule has 0 unspecified atom stereocenters. The van der Waals surface area contributed by atoms with Gasteiger partial charge >= 0.3 is 0 Å². The third-order valence-corrected chi connectivity index (χ3v) is 3.54. The maximum absolute atomic E-state index is 5.69. The summed E-state index contributed by atoms with van der Waals surface area (Å²) in [7, 11) is 0. The highest BCUT2D eigenvalue weighted by Gasteiger charge is 2.09. The topological polar surface area (TPSA) is 70.5 Å². The molecule has 0 aromatic heterocycles. The molecular formula is C16H19BrN2O2. The van der Waals surface area contributed by atoms with Crippen LogP contribution in [-0.2, 0) is 0 Å². The van der Waals surface area contributed by atoms with Crippen molar-refractivity contribution < 1.29 is 9.47 Å². The van der Waals surface area contributed by atoms with E-state index >= 15 is 0 Å². The smallest absolute Gasteiger partial charge is 0.134 e. The molecule has 0 saturated heterocycles. The summed E-state index contributed by atoms with van der Waals surface area (Å²) in [4.78, 5) is 0. The van der Waals surface area contributed by atoms with Crippen molar-refractivity contribution in [2.24, 2.45) is 11.5 Å². The first-order chi connectivity index (χ1) is 10.3. The summed E-state index contributed by atoms with van der Waals surface area (Å²) < 4.78 is 12.2. The maximum Gasteiger partial charge on any atom is 0.134 e. The van der Waals surface area contributed by atoms with Crippen LogP contribution in [0.3, 0.4) is 0 Å². The molecule has 0 radical (unpaired) electrons. The van der Waals surface area contributed by atoms with Crippen molar-refractivity contribution in [2.75, 3.05) is 26.3 Å². The first-order valence-electron chi connectivity index (χ1n) is 6.81. The lowest BCUT2D eigenvalue weighted by atomic mass is 10.0. The Morgan fingerprint density at radius 2 is 1.52 bits per heavy atom. The molecule has 0 fully saturated rings. The molecule has 5 heteroatoms. The molecule has 0 aliphatic carbocycles. The lowest BCUT2D eigenvalue weighted by molar-refractivity contribution is 0.326. The third-order valence-electron chi connectivity index (χ3n) is 2.88. The first-order valence-corrected chi connectivity index (χ1v) is 7.60. The van der Waals surface area contributed by atoms with Crippen LogP contribution in [0.2, 0.25) is 0 Å². The molecule has 0 saturated carbocycles. The molecule has 21 heavy (non-hydrogen) atoms. The zero-order valence-corrected chi connectivity index (χ0v) is 13.3. The monoisotopic (exact) mass is 350 g/mol. The van der Waals surface area contributed by atoms with E-state index < -0.39 is 0 Å². The number of nitrogens with two attached hydrogens (primary N) is 2. The maximum atomic E-state index is 5.69. The SMILES string of the molecule is NCCOc1cc(-c2ccccc2OCCN)ccc1Br. The molecule has 0 aliphatic heterocycles. The van der Waals surface area contributed by atoms with Gasteiger partial charge < -0.3 is 20.9 Å². The van der Waals surface area contributed by atoms with Gasteiger partial charge in [-0.1, -0.05) is 24.3 Å². The van der Waals surface area contributed by atoms with E-state index in [9.17, 15) is 0 Å². The van der Waals surface area contributed by atoms with Crippen LogP contribution in [0.1, 0.15) is 0 Å². The average Bonchev–Trinajstić information content (AvgIpc) is 2.52. The predicted octanol–water partition coefficient (Wildman–Crippen LogP) is 2.79. The Bertz CT molecular complexity index is 590. The van der Waals surface area contributed by atoms with E-state index in [0.29, 0.717) is 26.3 Å². The van der Waals surface area contributed by atoms with Crippen molar-refractivity contribution in [3.63, 3.8) is 0 Å². The van der Waals surface area contributed by atoms with E-state index in [2.05, 4.69) is 15.9 Å². The van der Waals surface area contributed by atoms with Crippen molar-refractivity contribution >= 4 is 15.9 Å². The summed E-state index contributed by atoms with van der Waals surface area (Å²) in [5, 5.41) is 0. The largest absolute Gasteiger partial charge is 0.492 e. The number of ether oxygens (including phenoxy) is 2. The van der Waals surface area contributed by atoms with Gasteiger partial charge in [0.2, 0.25) is 0 Å². The number of hydrogen-bond donors (Lipinski definition) is 2. The van der Waals surface area contributed by atoms with Gasteiger partial charge in [-0.3, -0.25) is 0 Å². The van der Waals surface area contributed by atoms with Crippen LogP contribution in [0.25, 0.3) is 11.1 Å². The van der Waals surface area contributed by atoms with Gasteiger partial charge in [0.05, 0.1) is 4.47 Å². The highest BCUT2D eigenvalue weighted by molar-refractivity contribution is 9.10. The van der Waals surface area contributed by atoms with Crippen molar-refractivity contribution in [3.05, 3.63) is 46.9 Å². The average molecular weight is 351 g/mol. The van der Waals surface area contributed by atoms with Gasteiger partial charge in [-0.05, 0) is 39.7 Å². The predicted molar refractivity (Wildman–Crippen MR) is 88.7 cm³/mol. The van der Waals surface area contributed by atoms with Gasteiger partial charge in [0.15, 0.2) is 0 Å². The molecule has 2 rings (SSSR count). The van der Waals surface area contributed by atoms with E-state index in [1.165, 1.54) is 0 Å². The molecule has 112 valence electrons. The molecule has 0 heterocycles. The van der Waals surface area contributed by atoms with Gasteiger partial charge in [-0.25, -0.2) is 0 Å². The standard InChI is InChI=1S/C16H19BrN2O2/c17-14-6-5-12(11-16(14)21-10-8-19)13-3-1-2-4-15(13)20-9-7-18/h1-6,11H,7-10,18-19H2. The van der Waals surface area contributed by atoms with E-state index in [1.807, 2.05) is 42.5 Å². The van der Waals surface area contributed by atoms with Crippen LogP contribution in [0.5, 0.6) is 11.5 Å². The second-order valence-electron chi connectivity index (χ2n) is 4.42. The van der Waals surface area contributed by atoms with Crippen molar-refractivity contribution in [3.8, 4) is 22.6 Å². The normalized spacial score (nSPS) is 10.4. The third kappa shape index (κ3) is 4.20. The zero-order chi connectivity index (χ0) is 15.1. The van der Waals surface area contributed by atoms with Crippen LogP contribution in [-0.4, -0.2) is 26.3 Å². The van der Waals surface area contributed by atoms with Crippen LogP contribution in [0, 0.1) is 0 Å². The van der Waals surface area contributed by atoms with E-state index in [0.717, 1.165) is 27.1 Å². The lowest BCUT2D eigenvalue weighted by Crippen LogP contribution is -2.11. The van der Waals surface area contributed by atoms with Crippen LogP contribution >= 0.6 is 15.9 Å². The van der Waals surface area contributed by atoms with Gasteiger partial charge in [-0.15, -0.1) is 0 Å². The number of rotatable bonds is 7. The molecule has 4 nitrogen and oxygen atoms in total. The summed E-state index contributed by atoms with van der Waals surface area (Å²) in [5.41, 5.74) is 13.0. The fraction of sp³-hybridized carbons (Fsp3) is 0.250. The molecule has 0 spiro atoms. The molecule has 0 amide bonds. The molecule has 4 N–H and O–H groups in total. The number of benzene rings is 2. The molecular weight excluding hydrogens is 332 g/mol. The molecule has 0 aliphatic rings. The Morgan fingerprint density at radius 1 is 0.857 bits per heavy atom. The fourth-order valence-corrected chi connectivity index (χ4v) is 2.31. The second kappa shape index (κ2) is 8.02. The van der Waals surface area contributed by atoms with Gasteiger partial charge in [0.1, 0.15) is 24.7 Å². The van der Waals surface area contributed by atoms with Crippen molar-refractivity contribution in [2.45, 2.75) is 0 Å².